The number of imide groups is 1. The SMILES string of the molecule is COC(=O)[C@]12CCCCN1[C@@H](/C=C/c1ccccc1)[C@@H]1C(=O)N(C)C(=O)[C@@H]12. The van der Waals surface area contributed by atoms with E-state index in [4.69, 9.17) is 4.74 Å². The Kier molecular flexibility index (Phi) is 4.38. The van der Waals surface area contributed by atoms with Gasteiger partial charge in [0.25, 0.3) is 0 Å². The molecule has 3 heterocycles. The van der Waals surface area contributed by atoms with Gasteiger partial charge in [-0.25, -0.2) is 0 Å². The molecular weight excluding hydrogens is 344 g/mol. The highest BCUT2D eigenvalue weighted by molar-refractivity contribution is 6.09. The Morgan fingerprint density at radius 1 is 1.19 bits per heavy atom. The number of benzene rings is 1. The van der Waals surface area contributed by atoms with E-state index in [0.717, 1.165) is 18.4 Å². The van der Waals surface area contributed by atoms with Crippen molar-refractivity contribution < 1.29 is 19.1 Å². The number of rotatable bonds is 3. The summed E-state index contributed by atoms with van der Waals surface area (Å²) in [4.78, 5) is 42.0. The number of nitrogens with zero attached hydrogens (tertiary/aromatic N) is 2. The second kappa shape index (κ2) is 6.60. The van der Waals surface area contributed by atoms with Gasteiger partial charge in [-0.1, -0.05) is 42.5 Å². The third-order valence-electron chi connectivity index (χ3n) is 6.36. The Labute approximate surface area is 158 Å². The molecule has 142 valence electrons. The molecule has 2 amide bonds. The summed E-state index contributed by atoms with van der Waals surface area (Å²) in [6.45, 7) is 0.677. The smallest absolute Gasteiger partial charge is 0.327 e. The van der Waals surface area contributed by atoms with Crippen molar-refractivity contribution in [2.24, 2.45) is 11.8 Å². The zero-order valence-electron chi connectivity index (χ0n) is 15.6. The Balaban J connectivity index is 1.81. The van der Waals surface area contributed by atoms with Gasteiger partial charge in [0.2, 0.25) is 11.8 Å². The lowest BCUT2D eigenvalue weighted by Crippen LogP contribution is -2.60. The van der Waals surface area contributed by atoms with E-state index >= 15 is 0 Å². The number of amides is 2. The minimum absolute atomic E-state index is 0.203. The van der Waals surface area contributed by atoms with Gasteiger partial charge < -0.3 is 4.74 Å². The van der Waals surface area contributed by atoms with Crippen LogP contribution in [0.4, 0.5) is 0 Å². The molecule has 0 radical (unpaired) electrons. The van der Waals surface area contributed by atoms with E-state index in [1.165, 1.54) is 19.1 Å². The van der Waals surface area contributed by atoms with E-state index in [9.17, 15) is 14.4 Å². The molecule has 3 aliphatic rings. The molecule has 6 nitrogen and oxygen atoms in total. The molecule has 0 saturated carbocycles. The van der Waals surface area contributed by atoms with E-state index in [1.54, 1.807) is 0 Å². The van der Waals surface area contributed by atoms with Gasteiger partial charge in [0.1, 0.15) is 5.54 Å². The predicted octanol–water partition coefficient (Wildman–Crippen LogP) is 1.71. The van der Waals surface area contributed by atoms with Crippen molar-refractivity contribution in [2.45, 2.75) is 30.8 Å². The van der Waals surface area contributed by atoms with Gasteiger partial charge in [0.15, 0.2) is 0 Å². The van der Waals surface area contributed by atoms with Crippen molar-refractivity contribution in [3.63, 3.8) is 0 Å². The van der Waals surface area contributed by atoms with E-state index in [2.05, 4.69) is 4.90 Å². The molecular formula is C21H24N2O4. The van der Waals surface area contributed by atoms with E-state index < -0.39 is 23.3 Å². The number of carbonyl (C=O) groups excluding carboxylic acids is 3. The topological polar surface area (TPSA) is 66.9 Å². The van der Waals surface area contributed by atoms with Gasteiger partial charge in [-0.05, 0) is 31.4 Å². The van der Waals surface area contributed by atoms with Crippen LogP contribution in [0.3, 0.4) is 0 Å². The van der Waals surface area contributed by atoms with Gasteiger partial charge >= 0.3 is 5.97 Å². The van der Waals surface area contributed by atoms with Crippen LogP contribution in [0.2, 0.25) is 0 Å². The Bertz CT molecular complexity index is 806. The molecule has 3 saturated heterocycles. The lowest BCUT2D eigenvalue weighted by Gasteiger charge is -2.43. The lowest BCUT2D eigenvalue weighted by atomic mass is 9.75. The average Bonchev–Trinajstić information content (AvgIpc) is 3.13. The number of carbonyl (C=O) groups is 3. The zero-order valence-corrected chi connectivity index (χ0v) is 15.6. The van der Waals surface area contributed by atoms with Crippen LogP contribution in [0.15, 0.2) is 36.4 Å². The summed E-state index contributed by atoms with van der Waals surface area (Å²) >= 11 is 0. The number of piperidine rings is 1. The number of likely N-dealkylation sites (tertiary alicyclic amines) is 1. The van der Waals surface area contributed by atoms with Crippen molar-refractivity contribution in [3.8, 4) is 0 Å². The monoisotopic (exact) mass is 368 g/mol. The molecule has 3 aliphatic heterocycles. The van der Waals surface area contributed by atoms with Crippen LogP contribution in [0.25, 0.3) is 6.08 Å². The summed E-state index contributed by atoms with van der Waals surface area (Å²) in [6, 6.07) is 9.53. The van der Waals surface area contributed by atoms with Gasteiger partial charge in [0, 0.05) is 13.1 Å². The van der Waals surface area contributed by atoms with Crippen LogP contribution >= 0.6 is 0 Å². The molecule has 0 unspecified atom stereocenters. The van der Waals surface area contributed by atoms with Crippen molar-refractivity contribution >= 4 is 23.9 Å². The molecule has 3 fully saturated rings. The summed E-state index contributed by atoms with van der Waals surface area (Å²) in [7, 11) is 2.87. The van der Waals surface area contributed by atoms with Crippen molar-refractivity contribution in [1.82, 2.24) is 9.80 Å². The first-order valence-corrected chi connectivity index (χ1v) is 9.42. The summed E-state index contributed by atoms with van der Waals surface area (Å²) in [5, 5.41) is 0. The maximum absolute atomic E-state index is 12.9. The second-order valence-electron chi connectivity index (χ2n) is 7.57. The van der Waals surface area contributed by atoms with Gasteiger partial charge in [-0.2, -0.15) is 0 Å². The third-order valence-corrected chi connectivity index (χ3v) is 6.36. The van der Waals surface area contributed by atoms with Crippen LogP contribution in [-0.2, 0) is 19.1 Å². The molecule has 0 N–H and O–H groups in total. The number of methoxy groups -OCH3 is 1. The number of hydrogen-bond acceptors (Lipinski definition) is 5. The molecule has 4 rings (SSSR count). The van der Waals surface area contributed by atoms with Crippen LogP contribution in [-0.4, -0.2) is 59.9 Å². The fourth-order valence-electron chi connectivity index (χ4n) is 5.16. The molecule has 1 aromatic rings. The Morgan fingerprint density at radius 2 is 1.93 bits per heavy atom. The molecule has 0 bridgehead atoms. The molecule has 0 aliphatic carbocycles. The van der Waals surface area contributed by atoms with Crippen molar-refractivity contribution in [1.29, 1.82) is 0 Å². The number of esters is 1. The Morgan fingerprint density at radius 3 is 2.63 bits per heavy atom. The summed E-state index contributed by atoms with van der Waals surface area (Å²) < 4.78 is 5.15. The van der Waals surface area contributed by atoms with E-state index in [0.29, 0.717) is 13.0 Å². The largest absolute Gasteiger partial charge is 0.468 e. The zero-order chi connectivity index (χ0) is 19.2. The van der Waals surface area contributed by atoms with Crippen LogP contribution in [0.5, 0.6) is 0 Å². The van der Waals surface area contributed by atoms with E-state index in [1.807, 2.05) is 42.5 Å². The minimum atomic E-state index is -1.04. The highest BCUT2D eigenvalue weighted by Gasteiger charge is 2.71. The number of fused-ring (bicyclic) bond motifs is 3. The van der Waals surface area contributed by atoms with Crippen LogP contribution < -0.4 is 0 Å². The first-order chi connectivity index (χ1) is 13.0. The normalized spacial score (nSPS) is 33.4. The highest BCUT2D eigenvalue weighted by Crippen LogP contribution is 2.53. The van der Waals surface area contributed by atoms with Crippen molar-refractivity contribution in [2.75, 3.05) is 20.7 Å². The first kappa shape index (κ1) is 17.9. The highest BCUT2D eigenvalue weighted by atomic mass is 16.5. The van der Waals surface area contributed by atoms with E-state index in [-0.39, 0.29) is 17.9 Å². The fourth-order valence-corrected chi connectivity index (χ4v) is 5.16. The standard InChI is InChI=1S/C21H24N2O4/c1-22-18(24)16-15(11-10-14-8-4-3-5-9-14)23-13-7-6-12-21(23,20(26)27-2)17(16)19(22)25/h3-5,8-11,15-17H,6-7,12-13H2,1-2H3/b11-10+/t15-,16-,17+,21+/m0/s1. The van der Waals surface area contributed by atoms with Crippen LogP contribution in [0, 0.1) is 11.8 Å². The minimum Gasteiger partial charge on any atom is -0.468 e. The maximum atomic E-state index is 12.9. The summed E-state index contributed by atoms with van der Waals surface area (Å²) in [5.41, 5.74) is -0.0207. The van der Waals surface area contributed by atoms with Gasteiger partial charge in [0.05, 0.1) is 18.9 Å². The summed E-state index contributed by atoms with van der Waals surface area (Å²) in [6.07, 6.45) is 6.28. The molecule has 1 aromatic carbocycles. The number of ether oxygens (including phenoxy) is 1. The van der Waals surface area contributed by atoms with Gasteiger partial charge in [-0.15, -0.1) is 0 Å². The molecule has 27 heavy (non-hydrogen) atoms. The average molecular weight is 368 g/mol. The van der Waals surface area contributed by atoms with Crippen molar-refractivity contribution in [3.05, 3.63) is 42.0 Å². The van der Waals surface area contributed by atoms with Gasteiger partial charge in [-0.3, -0.25) is 24.2 Å². The third kappa shape index (κ3) is 2.46. The molecule has 6 heteroatoms. The quantitative estimate of drug-likeness (QED) is 0.600. The lowest BCUT2D eigenvalue weighted by molar-refractivity contribution is -0.163. The number of hydrogen-bond donors (Lipinski definition) is 0. The maximum Gasteiger partial charge on any atom is 0.327 e. The second-order valence-corrected chi connectivity index (χ2v) is 7.57. The summed E-state index contributed by atoms with van der Waals surface area (Å²) in [5.74, 6) is -2.08. The van der Waals surface area contributed by atoms with Crippen LogP contribution in [0.1, 0.15) is 24.8 Å². The molecule has 4 atom stereocenters. The predicted molar refractivity (Wildman–Crippen MR) is 99.3 cm³/mol. The first-order valence-electron chi connectivity index (χ1n) is 9.42. The molecule has 0 spiro atoms. The Hall–Kier alpha value is -2.47. The fraction of sp³-hybridized carbons (Fsp3) is 0.476. The molecule has 0 aromatic heterocycles.